The predicted molar refractivity (Wildman–Crippen MR) is 93.8 cm³/mol. The van der Waals surface area contributed by atoms with E-state index in [1.165, 1.54) is 5.56 Å². The van der Waals surface area contributed by atoms with Crippen molar-refractivity contribution in [3.8, 4) is 0 Å². The predicted octanol–water partition coefficient (Wildman–Crippen LogP) is 3.07. The van der Waals surface area contributed by atoms with Crippen molar-refractivity contribution in [3.63, 3.8) is 0 Å². The van der Waals surface area contributed by atoms with E-state index in [1.807, 2.05) is 24.3 Å². The number of nitrogens with zero attached hydrogens (tertiary/aromatic N) is 1. The molecule has 2 N–H and O–H groups in total. The van der Waals surface area contributed by atoms with Crippen molar-refractivity contribution in [1.82, 2.24) is 9.88 Å². The summed E-state index contributed by atoms with van der Waals surface area (Å²) in [5.74, 6) is -0.475. The lowest BCUT2D eigenvalue weighted by Gasteiger charge is -2.22. The molecule has 1 unspecified atom stereocenters. The smallest absolute Gasteiger partial charge is 0.408 e. The zero-order valence-corrected chi connectivity index (χ0v) is 13.7. The first-order valence-corrected chi connectivity index (χ1v) is 8.23. The molecule has 0 aliphatic heterocycles. The van der Waals surface area contributed by atoms with Crippen LogP contribution in [0.15, 0.2) is 57.7 Å². The molecule has 3 rings (SSSR count). The fourth-order valence-electron chi connectivity index (χ4n) is 2.83. The average molecular weight is 326 g/mol. The van der Waals surface area contributed by atoms with Crippen LogP contribution in [0, 0.1) is 0 Å². The maximum absolute atomic E-state index is 11.2. The van der Waals surface area contributed by atoms with Gasteiger partial charge in [-0.3, -0.25) is 9.88 Å². The van der Waals surface area contributed by atoms with E-state index in [2.05, 4.69) is 28.9 Å². The molecule has 1 heterocycles. The summed E-state index contributed by atoms with van der Waals surface area (Å²) >= 11 is 0. The van der Waals surface area contributed by atoms with Gasteiger partial charge in [0.1, 0.15) is 0 Å². The van der Waals surface area contributed by atoms with Crippen LogP contribution in [0.2, 0.25) is 0 Å². The van der Waals surface area contributed by atoms with E-state index in [0.717, 1.165) is 25.2 Å². The Morgan fingerprint density at radius 3 is 2.75 bits per heavy atom. The standard InChI is InChI=1S/C19H22N2O3/c1-2-21(13-14-6-4-3-5-7-14)11-10-17(22)15-8-9-16-18(12-15)24-19(23)20-16/h3-9,12,17,22H,2,10-11,13H2,1H3,(H,20,23). The number of aliphatic hydroxyl groups is 1. The molecule has 0 bridgehead atoms. The molecule has 0 radical (unpaired) electrons. The highest BCUT2D eigenvalue weighted by molar-refractivity contribution is 5.72. The summed E-state index contributed by atoms with van der Waals surface area (Å²) in [6.45, 7) is 4.71. The van der Waals surface area contributed by atoms with Crippen LogP contribution >= 0.6 is 0 Å². The van der Waals surface area contributed by atoms with Gasteiger partial charge in [-0.05, 0) is 36.2 Å². The van der Waals surface area contributed by atoms with Gasteiger partial charge in [0.2, 0.25) is 0 Å². The molecule has 24 heavy (non-hydrogen) atoms. The van der Waals surface area contributed by atoms with Crippen LogP contribution in [0.1, 0.15) is 30.6 Å². The van der Waals surface area contributed by atoms with Gasteiger partial charge in [-0.15, -0.1) is 0 Å². The number of aliphatic hydroxyl groups excluding tert-OH is 1. The van der Waals surface area contributed by atoms with Crippen LogP contribution in [0.3, 0.4) is 0 Å². The minimum Gasteiger partial charge on any atom is -0.408 e. The number of hydrogen-bond donors (Lipinski definition) is 2. The summed E-state index contributed by atoms with van der Waals surface area (Å²) < 4.78 is 5.05. The van der Waals surface area contributed by atoms with Crippen molar-refractivity contribution in [2.24, 2.45) is 0 Å². The SMILES string of the molecule is CCN(CCC(O)c1ccc2[nH]c(=O)oc2c1)Cc1ccccc1. The molecule has 0 aliphatic rings. The Kier molecular flexibility index (Phi) is 5.13. The van der Waals surface area contributed by atoms with E-state index >= 15 is 0 Å². The highest BCUT2D eigenvalue weighted by atomic mass is 16.4. The highest BCUT2D eigenvalue weighted by Gasteiger charge is 2.12. The summed E-state index contributed by atoms with van der Waals surface area (Å²) in [6, 6.07) is 15.6. The summed E-state index contributed by atoms with van der Waals surface area (Å²) in [7, 11) is 0. The second-order valence-electron chi connectivity index (χ2n) is 5.93. The van der Waals surface area contributed by atoms with Crippen molar-refractivity contribution < 1.29 is 9.52 Å². The lowest BCUT2D eigenvalue weighted by atomic mass is 10.1. The monoisotopic (exact) mass is 326 g/mol. The van der Waals surface area contributed by atoms with E-state index in [4.69, 9.17) is 4.42 Å². The normalized spacial score (nSPS) is 12.8. The molecule has 3 aromatic rings. The average Bonchev–Trinajstić information content (AvgIpc) is 2.98. The molecular weight excluding hydrogens is 304 g/mol. The lowest BCUT2D eigenvalue weighted by Crippen LogP contribution is -2.25. The summed E-state index contributed by atoms with van der Waals surface area (Å²) in [5.41, 5.74) is 3.16. The second kappa shape index (κ2) is 7.47. The zero-order chi connectivity index (χ0) is 16.9. The molecule has 0 amide bonds. The van der Waals surface area contributed by atoms with E-state index in [9.17, 15) is 9.90 Å². The molecule has 0 fully saturated rings. The quantitative estimate of drug-likeness (QED) is 0.700. The molecule has 0 spiro atoms. The fraction of sp³-hybridized carbons (Fsp3) is 0.316. The second-order valence-corrected chi connectivity index (χ2v) is 5.93. The Labute approximate surface area is 140 Å². The number of benzene rings is 2. The van der Waals surface area contributed by atoms with Gasteiger partial charge in [-0.25, -0.2) is 4.79 Å². The molecule has 5 heteroatoms. The number of fused-ring (bicyclic) bond motifs is 1. The zero-order valence-electron chi connectivity index (χ0n) is 13.7. The number of nitrogens with one attached hydrogen (secondary N) is 1. The third kappa shape index (κ3) is 3.93. The van der Waals surface area contributed by atoms with Crippen molar-refractivity contribution in [2.75, 3.05) is 13.1 Å². The topological polar surface area (TPSA) is 69.5 Å². The molecule has 0 saturated heterocycles. The summed E-state index contributed by atoms with van der Waals surface area (Å²) in [6.07, 6.45) is 0.0420. The van der Waals surface area contributed by atoms with Crippen molar-refractivity contribution in [3.05, 3.63) is 70.2 Å². The molecule has 1 atom stereocenters. The van der Waals surface area contributed by atoms with E-state index < -0.39 is 11.9 Å². The van der Waals surface area contributed by atoms with Gasteiger partial charge < -0.3 is 9.52 Å². The molecule has 0 saturated carbocycles. The van der Waals surface area contributed by atoms with Gasteiger partial charge in [0.15, 0.2) is 5.58 Å². The van der Waals surface area contributed by atoms with Crippen molar-refractivity contribution >= 4 is 11.1 Å². The number of aromatic amines is 1. The minimum atomic E-state index is -0.584. The summed E-state index contributed by atoms with van der Waals surface area (Å²) in [5, 5.41) is 10.4. The first-order valence-electron chi connectivity index (χ1n) is 8.23. The Balaban J connectivity index is 1.62. The van der Waals surface area contributed by atoms with Gasteiger partial charge in [-0.1, -0.05) is 43.3 Å². The van der Waals surface area contributed by atoms with Gasteiger partial charge in [-0.2, -0.15) is 0 Å². The highest BCUT2D eigenvalue weighted by Crippen LogP contribution is 2.21. The third-order valence-electron chi connectivity index (χ3n) is 4.24. The Morgan fingerprint density at radius 1 is 1.21 bits per heavy atom. The number of aromatic nitrogens is 1. The largest absolute Gasteiger partial charge is 0.417 e. The summed E-state index contributed by atoms with van der Waals surface area (Å²) in [4.78, 5) is 16.1. The van der Waals surface area contributed by atoms with E-state index in [-0.39, 0.29) is 0 Å². The van der Waals surface area contributed by atoms with Gasteiger partial charge in [0.25, 0.3) is 0 Å². The van der Waals surface area contributed by atoms with Crippen LogP contribution in [-0.2, 0) is 6.54 Å². The Morgan fingerprint density at radius 2 is 2.00 bits per heavy atom. The number of H-pyrrole nitrogens is 1. The number of rotatable bonds is 7. The Hall–Kier alpha value is -2.37. The molecular formula is C19H22N2O3. The van der Waals surface area contributed by atoms with Crippen LogP contribution in [0.4, 0.5) is 0 Å². The first-order chi connectivity index (χ1) is 11.7. The Bertz CT molecular complexity index is 838. The molecule has 126 valence electrons. The van der Waals surface area contributed by atoms with E-state index in [0.29, 0.717) is 17.5 Å². The molecule has 2 aromatic carbocycles. The van der Waals surface area contributed by atoms with E-state index in [1.54, 1.807) is 12.1 Å². The third-order valence-corrected chi connectivity index (χ3v) is 4.24. The minimum absolute atomic E-state index is 0.475. The van der Waals surface area contributed by atoms with Gasteiger partial charge in [0.05, 0.1) is 11.6 Å². The van der Waals surface area contributed by atoms with Crippen LogP contribution in [0.25, 0.3) is 11.1 Å². The fourth-order valence-corrected chi connectivity index (χ4v) is 2.83. The lowest BCUT2D eigenvalue weighted by molar-refractivity contribution is 0.141. The molecule has 0 aliphatic carbocycles. The first kappa shape index (κ1) is 16.5. The number of oxazole rings is 1. The maximum atomic E-state index is 11.2. The van der Waals surface area contributed by atoms with Crippen LogP contribution < -0.4 is 5.76 Å². The number of hydrogen-bond acceptors (Lipinski definition) is 4. The van der Waals surface area contributed by atoms with Gasteiger partial charge in [0, 0.05) is 13.1 Å². The van der Waals surface area contributed by atoms with Crippen LogP contribution in [-0.4, -0.2) is 28.1 Å². The van der Waals surface area contributed by atoms with Crippen molar-refractivity contribution in [1.29, 1.82) is 0 Å². The van der Waals surface area contributed by atoms with Crippen molar-refractivity contribution in [2.45, 2.75) is 26.0 Å². The molecule has 1 aromatic heterocycles. The molecule has 5 nitrogen and oxygen atoms in total. The maximum Gasteiger partial charge on any atom is 0.417 e. The van der Waals surface area contributed by atoms with Crippen LogP contribution in [0.5, 0.6) is 0 Å². The van der Waals surface area contributed by atoms with Gasteiger partial charge >= 0.3 is 5.76 Å².